The number of halogens is 2. The largest absolute Gasteiger partial charge is 0.508 e. The molecule has 2 aromatic carbocycles. The second-order valence-electron chi connectivity index (χ2n) is 4.29. The Kier molecular flexibility index (Phi) is 4.43. The predicted octanol–water partition coefficient (Wildman–Crippen LogP) is 4.86. The molecular weight excluding hydrogens is 309 g/mol. The molecule has 1 atom stereocenters. The molecule has 0 spiro atoms. The monoisotopic (exact) mass is 323 g/mol. The summed E-state index contributed by atoms with van der Waals surface area (Å²) in [6.07, 6.45) is 0.812. The van der Waals surface area contributed by atoms with E-state index in [0.717, 1.165) is 17.7 Å². The third-order valence-electron chi connectivity index (χ3n) is 2.98. The molecule has 0 heterocycles. The number of rotatable bonds is 4. The molecule has 0 aliphatic heterocycles. The number of phenolic OH excluding ortho intramolecular Hbond substituents is 1. The number of hydrogen-bond acceptors (Lipinski definition) is 2. The zero-order chi connectivity index (χ0) is 13.8. The van der Waals surface area contributed by atoms with E-state index < -0.39 is 0 Å². The first-order valence-corrected chi connectivity index (χ1v) is 6.90. The first-order valence-electron chi connectivity index (χ1n) is 6.11. The van der Waals surface area contributed by atoms with Crippen LogP contribution in [0.2, 0.25) is 0 Å². The highest BCUT2D eigenvalue weighted by Gasteiger charge is 2.13. The SMILES string of the molecule is CCC(Nc1ccc(F)c(Br)c1)c1ccccc1O. The molecule has 0 aliphatic carbocycles. The maximum Gasteiger partial charge on any atom is 0.137 e. The fourth-order valence-corrected chi connectivity index (χ4v) is 2.35. The van der Waals surface area contributed by atoms with Crippen LogP contribution in [0.1, 0.15) is 24.9 Å². The number of phenols is 1. The zero-order valence-electron chi connectivity index (χ0n) is 10.5. The van der Waals surface area contributed by atoms with Gasteiger partial charge in [-0.15, -0.1) is 0 Å². The summed E-state index contributed by atoms with van der Waals surface area (Å²) < 4.78 is 13.6. The summed E-state index contributed by atoms with van der Waals surface area (Å²) >= 11 is 3.16. The van der Waals surface area contributed by atoms with E-state index in [-0.39, 0.29) is 17.6 Å². The Morgan fingerprint density at radius 2 is 2.00 bits per heavy atom. The Balaban J connectivity index is 2.24. The van der Waals surface area contributed by atoms with Crippen molar-refractivity contribution in [3.63, 3.8) is 0 Å². The number of anilines is 1. The molecule has 0 saturated heterocycles. The maximum absolute atomic E-state index is 13.2. The van der Waals surface area contributed by atoms with Gasteiger partial charge >= 0.3 is 0 Å². The van der Waals surface area contributed by atoms with Crippen LogP contribution in [0.4, 0.5) is 10.1 Å². The lowest BCUT2D eigenvalue weighted by Crippen LogP contribution is -2.09. The van der Waals surface area contributed by atoms with Gasteiger partial charge in [0.1, 0.15) is 11.6 Å². The lowest BCUT2D eigenvalue weighted by molar-refractivity contribution is 0.463. The van der Waals surface area contributed by atoms with Crippen molar-refractivity contribution in [1.82, 2.24) is 0 Å². The molecule has 0 aromatic heterocycles. The summed E-state index contributed by atoms with van der Waals surface area (Å²) in [5.41, 5.74) is 1.65. The highest BCUT2D eigenvalue weighted by molar-refractivity contribution is 9.10. The molecule has 4 heteroatoms. The smallest absolute Gasteiger partial charge is 0.137 e. The van der Waals surface area contributed by atoms with Crippen molar-refractivity contribution in [2.24, 2.45) is 0 Å². The summed E-state index contributed by atoms with van der Waals surface area (Å²) in [4.78, 5) is 0. The van der Waals surface area contributed by atoms with Gasteiger partial charge in [-0.1, -0.05) is 25.1 Å². The standard InChI is InChI=1S/C15H15BrFNO/c1-2-14(11-5-3-4-6-15(11)19)18-10-7-8-13(17)12(16)9-10/h3-9,14,18-19H,2H2,1H3. The van der Waals surface area contributed by atoms with Crippen molar-refractivity contribution < 1.29 is 9.50 Å². The second-order valence-corrected chi connectivity index (χ2v) is 5.15. The fourth-order valence-electron chi connectivity index (χ4n) is 1.97. The quantitative estimate of drug-likeness (QED) is 0.842. The van der Waals surface area contributed by atoms with E-state index in [1.165, 1.54) is 6.07 Å². The van der Waals surface area contributed by atoms with Crippen molar-refractivity contribution in [3.8, 4) is 5.75 Å². The molecular formula is C15H15BrFNO. The summed E-state index contributed by atoms with van der Waals surface area (Å²) in [6, 6.07) is 12.0. The van der Waals surface area contributed by atoms with Crippen molar-refractivity contribution >= 4 is 21.6 Å². The molecule has 1 unspecified atom stereocenters. The Bertz CT molecular complexity index is 574. The van der Waals surface area contributed by atoms with Crippen molar-refractivity contribution in [3.05, 3.63) is 58.3 Å². The minimum atomic E-state index is -0.291. The van der Waals surface area contributed by atoms with Gasteiger partial charge < -0.3 is 10.4 Å². The van der Waals surface area contributed by atoms with Crippen LogP contribution in [0.5, 0.6) is 5.75 Å². The molecule has 0 saturated carbocycles. The molecule has 2 aromatic rings. The van der Waals surface area contributed by atoms with Crippen LogP contribution in [0.3, 0.4) is 0 Å². The fraction of sp³-hybridized carbons (Fsp3) is 0.200. The number of nitrogens with one attached hydrogen (secondary N) is 1. The van der Waals surface area contributed by atoms with Crippen LogP contribution in [-0.2, 0) is 0 Å². The van der Waals surface area contributed by atoms with Crippen molar-refractivity contribution in [1.29, 1.82) is 0 Å². The molecule has 0 amide bonds. The van der Waals surface area contributed by atoms with Crippen LogP contribution in [0, 0.1) is 5.82 Å². The average Bonchev–Trinajstić information content (AvgIpc) is 2.41. The van der Waals surface area contributed by atoms with Gasteiger partial charge in [0.25, 0.3) is 0 Å². The Labute approximate surface area is 120 Å². The normalized spacial score (nSPS) is 12.2. The van der Waals surface area contributed by atoms with Crippen molar-refractivity contribution in [2.45, 2.75) is 19.4 Å². The van der Waals surface area contributed by atoms with Gasteiger partial charge in [0.05, 0.1) is 10.5 Å². The van der Waals surface area contributed by atoms with Gasteiger partial charge in [0.15, 0.2) is 0 Å². The predicted molar refractivity (Wildman–Crippen MR) is 78.9 cm³/mol. The maximum atomic E-state index is 13.2. The van der Waals surface area contributed by atoms with E-state index in [1.807, 2.05) is 19.1 Å². The van der Waals surface area contributed by atoms with Gasteiger partial charge in [-0.3, -0.25) is 0 Å². The van der Waals surface area contributed by atoms with E-state index in [9.17, 15) is 9.50 Å². The van der Waals surface area contributed by atoms with Gasteiger partial charge in [0, 0.05) is 11.3 Å². The van der Waals surface area contributed by atoms with Gasteiger partial charge in [0.2, 0.25) is 0 Å². The van der Waals surface area contributed by atoms with E-state index in [2.05, 4.69) is 21.2 Å². The summed E-state index contributed by atoms with van der Waals surface area (Å²) in [6.45, 7) is 2.03. The first kappa shape index (κ1) is 13.9. The minimum absolute atomic E-state index is 0.0152. The summed E-state index contributed by atoms with van der Waals surface area (Å²) in [7, 11) is 0. The molecule has 0 bridgehead atoms. The minimum Gasteiger partial charge on any atom is -0.508 e. The molecule has 2 rings (SSSR count). The van der Waals surface area contributed by atoms with Crippen LogP contribution in [0.25, 0.3) is 0 Å². The van der Waals surface area contributed by atoms with Crippen molar-refractivity contribution in [2.75, 3.05) is 5.32 Å². The Morgan fingerprint density at radius 3 is 2.63 bits per heavy atom. The first-order chi connectivity index (χ1) is 9.11. The number of para-hydroxylation sites is 1. The molecule has 0 fully saturated rings. The van der Waals surface area contributed by atoms with Gasteiger partial charge in [-0.25, -0.2) is 4.39 Å². The highest BCUT2D eigenvalue weighted by Crippen LogP contribution is 2.30. The summed E-state index contributed by atoms with van der Waals surface area (Å²) in [5.74, 6) is -0.0239. The van der Waals surface area contributed by atoms with E-state index in [4.69, 9.17) is 0 Å². The number of benzene rings is 2. The summed E-state index contributed by atoms with van der Waals surface area (Å²) in [5, 5.41) is 13.2. The molecule has 0 radical (unpaired) electrons. The number of hydrogen-bond donors (Lipinski definition) is 2. The van der Waals surface area contributed by atoms with Crippen LogP contribution >= 0.6 is 15.9 Å². The lowest BCUT2D eigenvalue weighted by Gasteiger charge is -2.20. The van der Waals surface area contributed by atoms with Gasteiger partial charge in [-0.05, 0) is 46.6 Å². The average molecular weight is 324 g/mol. The second kappa shape index (κ2) is 6.06. The molecule has 19 heavy (non-hydrogen) atoms. The van der Waals surface area contributed by atoms with E-state index in [1.54, 1.807) is 24.3 Å². The third-order valence-corrected chi connectivity index (χ3v) is 3.59. The zero-order valence-corrected chi connectivity index (χ0v) is 12.1. The van der Waals surface area contributed by atoms with Crippen LogP contribution < -0.4 is 5.32 Å². The van der Waals surface area contributed by atoms with E-state index >= 15 is 0 Å². The molecule has 0 aliphatic rings. The Morgan fingerprint density at radius 1 is 1.26 bits per heavy atom. The number of aromatic hydroxyl groups is 1. The highest BCUT2D eigenvalue weighted by atomic mass is 79.9. The van der Waals surface area contributed by atoms with E-state index in [0.29, 0.717) is 4.47 Å². The van der Waals surface area contributed by atoms with Gasteiger partial charge in [-0.2, -0.15) is 0 Å². The molecule has 2 nitrogen and oxygen atoms in total. The topological polar surface area (TPSA) is 32.3 Å². The molecule has 100 valence electrons. The van der Waals surface area contributed by atoms with Crippen LogP contribution in [-0.4, -0.2) is 5.11 Å². The lowest BCUT2D eigenvalue weighted by atomic mass is 10.0. The Hall–Kier alpha value is -1.55. The molecule has 2 N–H and O–H groups in total. The van der Waals surface area contributed by atoms with Crippen LogP contribution in [0.15, 0.2) is 46.9 Å². The third kappa shape index (κ3) is 3.26.